The first-order valence-electron chi connectivity index (χ1n) is 13.1. The largest absolute Gasteiger partial charge is 0.354 e. The standard InChI is InChI=1S/C27H36N8O/c1-6-19(7-2)35-18(4)31-32-26(35)22-11-8-12-24(29-22)34-16-21-20(27(34)36)14-25(30-23(21)15-28-5)33-13-9-10-17(33)3/h8,11-12,14,17,19,28H,6-7,9-10,13,15-16H2,1-5H3/t17-/m0/s1. The summed E-state index contributed by atoms with van der Waals surface area (Å²) in [6.45, 7) is 10.6. The number of aromatic nitrogens is 5. The summed E-state index contributed by atoms with van der Waals surface area (Å²) in [4.78, 5) is 27.7. The molecule has 0 unspecified atom stereocenters. The monoisotopic (exact) mass is 488 g/mol. The highest BCUT2D eigenvalue weighted by Crippen LogP contribution is 2.34. The van der Waals surface area contributed by atoms with Crippen molar-refractivity contribution in [3.05, 3.63) is 46.9 Å². The Morgan fingerprint density at radius 1 is 1.14 bits per heavy atom. The van der Waals surface area contributed by atoms with Crippen molar-refractivity contribution in [2.45, 2.75) is 78.6 Å². The minimum absolute atomic E-state index is 0.0276. The van der Waals surface area contributed by atoms with Crippen LogP contribution in [-0.2, 0) is 13.1 Å². The number of carbonyl (C=O) groups excluding carboxylic acids is 1. The van der Waals surface area contributed by atoms with Gasteiger partial charge in [-0.1, -0.05) is 19.9 Å². The third-order valence-electron chi connectivity index (χ3n) is 7.59. The lowest BCUT2D eigenvalue weighted by Gasteiger charge is -2.24. The first kappa shape index (κ1) is 24.4. The van der Waals surface area contributed by atoms with Crippen molar-refractivity contribution in [1.29, 1.82) is 0 Å². The summed E-state index contributed by atoms with van der Waals surface area (Å²) < 4.78 is 2.17. The summed E-state index contributed by atoms with van der Waals surface area (Å²) in [5.74, 6) is 3.11. The number of anilines is 2. The molecule has 1 amide bonds. The van der Waals surface area contributed by atoms with Crippen LogP contribution in [0.25, 0.3) is 11.5 Å². The fraction of sp³-hybridized carbons (Fsp3) is 0.519. The molecule has 3 aromatic heterocycles. The zero-order valence-corrected chi connectivity index (χ0v) is 22.0. The zero-order valence-electron chi connectivity index (χ0n) is 22.0. The van der Waals surface area contributed by atoms with E-state index in [0.29, 0.717) is 31.0 Å². The van der Waals surface area contributed by atoms with Crippen LogP contribution in [0.3, 0.4) is 0 Å². The van der Waals surface area contributed by atoms with E-state index in [1.54, 1.807) is 4.90 Å². The molecule has 0 spiro atoms. The average molecular weight is 489 g/mol. The van der Waals surface area contributed by atoms with Crippen LogP contribution < -0.4 is 15.1 Å². The van der Waals surface area contributed by atoms with Crippen LogP contribution in [0.2, 0.25) is 0 Å². The molecule has 0 aliphatic carbocycles. The maximum absolute atomic E-state index is 13.7. The molecule has 0 radical (unpaired) electrons. The number of hydrogen-bond acceptors (Lipinski definition) is 7. The number of carbonyl (C=O) groups is 1. The Hall–Kier alpha value is -3.33. The molecule has 1 saturated heterocycles. The van der Waals surface area contributed by atoms with E-state index < -0.39 is 0 Å². The molecule has 9 nitrogen and oxygen atoms in total. The number of nitrogens with zero attached hydrogens (tertiary/aromatic N) is 7. The number of aryl methyl sites for hydroxylation is 1. The zero-order chi connectivity index (χ0) is 25.4. The molecule has 9 heteroatoms. The van der Waals surface area contributed by atoms with Gasteiger partial charge in [-0.2, -0.15) is 0 Å². The topological polar surface area (TPSA) is 92.1 Å². The summed E-state index contributed by atoms with van der Waals surface area (Å²) in [7, 11) is 1.91. The van der Waals surface area contributed by atoms with Crippen LogP contribution in [0.5, 0.6) is 0 Å². The van der Waals surface area contributed by atoms with E-state index in [2.05, 4.69) is 45.8 Å². The maximum atomic E-state index is 13.7. The number of pyridine rings is 2. The van der Waals surface area contributed by atoms with E-state index in [1.165, 1.54) is 0 Å². The second kappa shape index (κ2) is 9.97. The molecule has 2 aliphatic rings. The number of fused-ring (bicyclic) bond motifs is 1. The van der Waals surface area contributed by atoms with E-state index in [9.17, 15) is 4.79 Å². The first-order valence-corrected chi connectivity index (χ1v) is 13.1. The summed E-state index contributed by atoms with van der Waals surface area (Å²) in [6, 6.07) is 8.50. The smallest absolute Gasteiger partial charge is 0.260 e. The van der Waals surface area contributed by atoms with E-state index >= 15 is 0 Å². The molecule has 1 N–H and O–H groups in total. The lowest BCUT2D eigenvalue weighted by molar-refractivity contribution is 0.0996. The van der Waals surface area contributed by atoms with Gasteiger partial charge in [0.25, 0.3) is 5.91 Å². The third kappa shape index (κ3) is 4.15. The molecule has 2 aliphatic heterocycles. The molecule has 190 valence electrons. The molecule has 0 saturated carbocycles. The maximum Gasteiger partial charge on any atom is 0.260 e. The second-order valence-electron chi connectivity index (χ2n) is 9.85. The summed E-state index contributed by atoms with van der Waals surface area (Å²) in [5, 5.41) is 12.0. The van der Waals surface area contributed by atoms with E-state index in [4.69, 9.17) is 9.97 Å². The lowest BCUT2D eigenvalue weighted by Crippen LogP contribution is -2.28. The Kier molecular flexibility index (Phi) is 6.75. The van der Waals surface area contributed by atoms with Gasteiger partial charge in [-0.15, -0.1) is 10.2 Å². The molecular formula is C27H36N8O. The van der Waals surface area contributed by atoms with E-state index in [-0.39, 0.29) is 5.91 Å². The van der Waals surface area contributed by atoms with E-state index in [1.807, 2.05) is 38.2 Å². The molecule has 1 fully saturated rings. The lowest BCUT2D eigenvalue weighted by atomic mass is 10.1. The molecule has 0 bridgehead atoms. The van der Waals surface area contributed by atoms with Crippen molar-refractivity contribution < 1.29 is 4.79 Å². The number of amides is 1. The summed E-state index contributed by atoms with van der Waals surface area (Å²) in [5.41, 5.74) is 3.37. The van der Waals surface area contributed by atoms with Crippen LogP contribution in [0.1, 0.15) is 79.9 Å². The van der Waals surface area contributed by atoms with Gasteiger partial charge in [-0.3, -0.25) is 9.69 Å². The van der Waals surface area contributed by atoms with Crippen molar-refractivity contribution >= 4 is 17.5 Å². The van der Waals surface area contributed by atoms with E-state index in [0.717, 1.165) is 72.2 Å². The molecular weight excluding hydrogens is 452 g/mol. The van der Waals surface area contributed by atoms with Gasteiger partial charge in [-0.25, -0.2) is 9.97 Å². The van der Waals surface area contributed by atoms with Crippen molar-refractivity contribution in [3.63, 3.8) is 0 Å². The van der Waals surface area contributed by atoms with Gasteiger partial charge in [0, 0.05) is 30.7 Å². The Bertz CT molecular complexity index is 1260. The van der Waals surface area contributed by atoms with Gasteiger partial charge in [0.05, 0.1) is 17.8 Å². The van der Waals surface area contributed by atoms with Crippen molar-refractivity contribution in [1.82, 2.24) is 30.0 Å². The fourth-order valence-electron chi connectivity index (χ4n) is 5.60. The van der Waals surface area contributed by atoms with Crippen LogP contribution in [-0.4, -0.2) is 50.3 Å². The van der Waals surface area contributed by atoms with Crippen molar-refractivity contribution in [2.75, 3.05) is 23.4 Å². The Balaban J connectivity index is 1.51. The van der Waals surface area contributed by atoms with Gasteiger partial charge >= 0.3 is 0 Å². The molecule has 5 heterocycles. The average Bonchev–Trinajstić information content (AvgIpc) is 3.58. The van der Waals surface area contributed by atoms with Crippen molar-refractivity contribution in [3.8, 4) is 11.5 Å². The normalized spacial score (nSPS) is 17.5. The highest BCUT2D eigenvalue weighted by molar-refractivity contribution is 6.10. The summed E-state index contributed by atoms with van der Waals surface area (Å²) >= 11 is 0. The van der Waals surface area contributed by atoms with Gasteiger partial charge in [0.2, 0.25) is 0 Å². The molecule has 0 aromatic carbocycles. The fourth-order valence-corrected chi connectivity index (χ4v) is 5.60. The van der Waals surface area contributed by atoms with Gasteiger partial charge in [-0.05, 0) is 64.8 Å². The Labute approximate surface area is 213 Å². The Morgan fingerprint density at radius 3 is 2.64 bits per heavy atom. The summed E-state index contributed by atoms with van der Waals surface area (Å²) in [6.07, 6.45) is 4.28. The predicted molar refractivity (Wildman–Crippen MR) is 141 cm³/mol. The first-order chi connectivity index (χ1) is 17.5. The number of nitrogens with one attached hydrogen (secondary N) is 1. The minimum atomic E-state index is -0.0276. The second-order valence-corrected chi connectivity index (χ2v) is 9.85. The highest BCUT2D eigenvalue weighted by atomic mass is 16.2. The van der Waals surface area contributed by atoms with Gasteiger partial charge in [0.15, 0.2) is 5.82 Å². The van der Waals surface area contributed by atoms with Gasteiger partial charge in [0.1, 0.15) is 23.2 Å². The van der Waals surface area contributed by atoms with Crippen LogP contribution in [0, 0.1) is 6.92 Å². The third-order valence-corrected chi connectivity index (χ3v) is 7.59. The quantitative estimate of drug-likeness (QED) is 0.506. The SMILES string of the molecule is CCC(CC)n1c(C)nnc1-c1cccc(N2Cc3c(cc(N4CCC[C@@H]4C)nc3CNC)C2=O)n1. The number of rotatable bonds is 8. The van der Waals surface area contributed by atoms with Crippen molar-refractivity contribution in [2.24, 2.45) is 0 Å². The molecule has 1 atom stereocenters. The van der Waals surface area contributed by atoms with Crippen LogP contribution in [0.15, 0.2) is 24.3 Å². The number of hydrogen-bond donors (Lipinski definition) is 1. The van der Waals surface area contributed by atoms with Crippen LogP contribution in [0.4, 0.5) is 11.6 Å². The van der Waals surface area contributed by atoms with Gasteiger partial charge < -0.3 is 14.8 Å². The molecule has 5 rings (SSSR count). The minimum Gasteiger partial charge on any atom is -0.354 e. The molecule has 36 heavy (non-hydrogen) atoms. The van der Waals surface area contributed by atoms with Crippen LogP contribution >= 0.6 is 0 Å². The molecule has 3 aromatic rings. The highest BCUT2D eigenvalue weighted by Gasteiger charge is 2.34. The predicted octanol–water partition coefficient (Wildman–Crippen LogP) is 4.27. The Morgan fingerprint density at radius 2 is 1.94 bits per heavy atom.